The highest BCUT2D eigenvalue weighted by atomic mass is 15.2. The van der Waals surface area contributed by atoms with Crippen LogP contribution in [-0.2, 0) is 5.41 Å². The Labute approximate surface area is 145 Å². The first-order valence-corrected chi connectivity index (χ1v) is 8.90. The van der Waals surface area contributed by atoms with Crippen molar-refractivity contribution >= 4 is 17.5 Å². The van der Waals surface area contributed by atoms with Crippen molar-refractivity contribution < 1.29 is 0 Å². The molecule has 0 spiro atoms. The fourth-order valence-electron chi connectivity index (χ4n) is 3.15. The minimum absolute atomic E-state index is 0.169. The van der Waals surface area contributed by atoms with Gasteiger partial charge in [0.1, 0.15) is 5.82 Å². The number of aryl methyl sites for hydroxylation is 1. The Balaban J connectivity index is 1.73. The third-order valence-electron chi connectivity index (χ3n) is 4.57. The van der Waals surface area contributed by atoms with Gasteiger partial charge in [0.05, 0.1) is 0 Å². The molecule has 1 aromatic heterocycles. The van der Waals surface area contributed by atoms with E-state index in [9.17, 15) is 0 Å². The monoisotopic (exact) mass is 324 g/mol. The predicted octanol–water partition coefficient (Wildman–Crippen LogP) is 5.18. The molecule has 2 aromatic rings. The van der Waals surface area contributed by atoms with Crippen LogP contribution in [-0.4, -0.2) is 16.0 Å². The minimum Gasteiger partial charge on any atom is -0.351 e. The Morgan fingerprint density at radius 1 is 1.00 bits per heavy atom. The summed E-state index contributed by atoms with van der Waals surface area (Å²) in [6, 6.07) is 11.1. The van der Waals surface area contributed by atoms with Crippen LogP contribution < -0.4 is 10.6 Å². The van der Waals surface area contributed by atoms with Crippen LogP contribution in [0.5, 0.6) is 0 Å². The molecule has 2 N–H and O–H groups in total. The van der Waals surface area contributed by atoms with Crippen molar-refractivity contribution in [2.24, 2.45) is 0 Å². The van der Waals surface area contributed by atoms with E-state index in [2.05, 4.69) is 65.6 Å². The number of rotatable bonds is 4. The molecule has 4 heteroatoms. The van der Waals surface area contributed by atoms with Gasteiger partial charge in [0.15, 0.2) is 0 Å². The van der Waals surface area contributed by atoms with Crippen molar-refractivity contribution in [1.29, 1.82) is 0 Å². The lowest BCUT2D eigenvalue weighted by molar-refractivity contribution is 0.590. The highest BCUT2D eigenvalue weighted by Gasteiger charge is 2.16. The number of hydrogen-bond donors (Lipinski definition) is 2. The van der Waals surface area contributed by atoms with Crippen molar-refractivity contribution in [3.8, 4) is 0 Å². The van der Waals surface area contributed by atoms with Crippen LogP contribution in [0.2, 0.25) is 0 Å². The van der Waals surface area contributed by atoms with Gasteiger partial charge in [0.25, 0.3) is 0 Å². The zero-order valence-electron chi connectivity index (χ0n) is 15.2. The zero-order valence-corrected chi connectivity index (χ0v) is 15.2. The molecule has 0 unspecified atom stereocenters. The molecule has 1 heterocycles. The first-order valence-electron chi connectivity index (χ1n) is 8.90. The fraction of sp³-hybridized carbons (Fsp3) is 0.500. The van der Waals surface area contributed by atoms with Gasteiger partial charge in [0, 0.05) is 23.5 Å². The molecule has 1 aromatic carbocycles. The molecule has 128 valence electrons. The molecule has 3 rings (SSSR count). The molecule has 0 radical (unpaired) electrons. The maximum atomic E-state index is 4.63. The molecule has 24 heavy (non-hydrogen) atoms. The van der Waals surface area contributed by atoms with E-state index in [1.165, 1.54) is 31.2 Å². The highest BCUT2D eigenvalue weighted by molar-refractivity contribution is 5.58. The Morgan fingerprint density at radius 2 is 1.67 bits per heavy atom. The quantitative estimate of drug-likeness (QED) is 0.813. The molecule has 1 aliphatic carbocycles. The molecule has 0 saturated heterocycles. The van der Waals surface area contributed by atoms with Gasteiger partial charge < -0.3 is 10.6 Å². The predicted molar refractivity (Wildman–Crippen MR) is 101 cm³/mol. The van der Waals surface area contributed by atoms with E-state index in [-0.39, 0.29) is 5.41 Å². The summed E-state index contributed by atoms with van der Waals surface area (Å²) in [5.74, 6) is 1.57. The summed E-state index contributed by atoms with van der Waals surface area (Å²) < 4.78 is 0. The SMILES string of the molecule is Cc1cc(Nc2ccc(C(C)(C)C)cc2)nc(NC2CCCC2)n1. The summed E-state index contributed by atoms with van der Waals surface area (Å²) >= 11 is 0. The Hall–Kier alpha value is -2.10. The second kappa shape index (κ2) is 6.80. The second-order valence-corrected chi connectivity index (χ2v) is 7.80. The van der Waals surface area contributed by atoms with Gasteiger partial charge in [-0.2, -0.15) is 4.98 Å². The number of anilines is 3. The van der Waals surface area contributed by atoms with Crippen molar-refractivity contribution in [3.63, 3.8) is 0 Å². The molecule has 0 bridgehead atoms. The molecule has 1 fully saturated rings. The zero-order chi connectivity index (χ0) is 17.2. The standard InChI is InChI=1S/C20H28N4/c1-14-13-18(24-19(21-14)23-16-7-5-6-8-16)22-17-11-9-15(10-12-17)20(2,3)4/h9-13,16H,5-8H2,1-4H3,(H2,21,22,23,24). The van der Waals surface area contributed by atoms with Gasteiger partial charge in [0.2, 0.25) is 5.95 Å². The van der Waals surface area contributed by atoms with Gasteiger partial charge in [-0.25, -0.2) is 4.98 Å². The van der Waals surface area contributed by atoms with Gasteiger partial charge in [-0.05, 0) is 42.9 Å². The lowest BCUT2D eigenvalue weighted by atomic mass is 9.87. The maximum Gasteiger partial charge on any atom is 0.225 e. The van der Waals surface area contributed by atoms with Crippen LogP contribution in [0.25, 0.3) is 0 Å². The Kier molecular flexibility index (Phi) is 4.74. The minimum atomic E-state index is 0.169. The molecule has 1 saturated carbocycles. The second-order valence-electron chi connectivity index (χ2n) is 7.80. The third-order valence-corrected chi connectivity index (χ3v) is 4.57. The normalized spacial score (nSPS) is 15.5. The summed E-state index contributed by atoms with van der Waals surface area (Å²) in [4.78, 5) is 9.15. The van der Waals surface area contributed by atoms with E-state index in [1.54, 1.807) is 0 Å². The van der Waals surface area contributed by atoms with Gasteiger partial charge in [-0.15, -0.1) is 0 Å². The number of benzene rings is 1. The van der Waals surface area contributed by atoms with E-state index in [1.807, 2.05) is 13.0 Å². The molecular weight excluding hydrogens is 296 g/mol. The Morgan fingerprint density at radius 3 is 2.29 bits per heavy atom. The number of aromatic nitrogens is 2. The van der Waals surface area contributed by atoms with Crippen LogP contribution in [0.15, 0.2) is 30.3 Å². The van der Waals surface area contributed by atoms with Crippen LogP contribution in [0.1, 0.15) is 57.7 Å². The fourth-order valence-corrected chi connectivity index (χ4v) is 3.15. The summed E-state index contributed by atoms with van der Waals surface area (Å²) in [7, 11) is 0. The van der Waals surface area contributed by atoms with Gasteiger partial charge >= 0.3 is 0 Å². The first-order chi connectivity index (χ1) is 11.4. The molecule has 0 aliphatic heterocycles. The maximum absolute atomic E-state index is 4.63. The van der Waals surface area contributed by atoms with Crippen molar-refractivity contribution in [3.05, 3.63) is 41.6 Å². The molecular formula is C20H28N4. The van der Waals surface area contributed by atoms with Gasteiger partial charge in [-0.1, -0.05) is 45.7 Å². The number of nitrogens with one attached hydrogen (secondary N) is 2. The van der Waals surface area contributed by atoms with Crippen LogP contribution >= 0.6 is 0 Å². The van der Waals surface area contributed by atoms with E-state index in [4.69, 9.17) is 0 Å². The van der Waals surface area contributed by atoms with Crippen LogP contribution in [0.4, 0.5) is 17.5 Å². The average molecular weight is 324 g/mol. The molecule has 0 amide bonds. The number of nitrogens with zero attached hydrogens (tertiary/aromatic N) is 2. The van der Waals surface area contributed by atoms with Crippen molar-refractivity contribution in [2.75, 3.05) is 10.6 Å². The topological polar surface area (TPSA) is 49.8 Å². The van der Waals surface area contributed by atoms with E-state index in [0.717, 1.165) is 23.1 Å². The molecule has 0 atom stereocenters. The smallest absolute Gasteiger partial charge is 0.225 e. The first kappa shape index (κ1) is 16.7. The number of hydrogen-bond acceptors (Lipinski definition) is 4. The lowest BCUT2D eigenvalue weighted by Gasteiger charge is -2.19. The Bertz CT molecular complexity index is 680. The van der Waals surface area contributed by atoms with E-state index in [0.29, 0.717) is 6.04 Å². The molecule has 1 aliphatic rings. The summed E-state index contributed by atoms with van der Waals surface area (Å²) in [6.07, 6.45) is 5.03. The summed E-state index contributed by atoms with van der Waals surface area (Å²) in [5.41, 5.74) is 3.52. The molecule has 4 nitrogen and oxygen atoms in total. The van der Waals surface area contributed by atoms with Gasteiger partial charge in [-0.3, -0.25) is 0 Å². The van der Waals surface area contributed by atoms with Crippen molar-refractivity contribution in [1.82, 2.24) is 9.97 Å². The largest absolute Gasteiger partial charge is 0.351 e. The van der Waals surface area contributed by atoms with Crippen LogP contribution in [0, 0.1) is 6.92 Å². The summed E-state index contributed by atoms with van der Waals surface area (Å²) in [6.45, 7) is 8.69. The highest BCUT2D eigenvalue weighted by Crippen LogP contribution is 2.25. The lowest BCUT2D eigenvalue weighted by Crippen LogP contribution is -2.17. The van der Waals surface area contributed by atoms with E-state index < -0.39 is 0 Å². The van der Waals surface area contributed by atoms with Crippen LogP contribution in [0.3, 0.4) is 0 Å². The summed E-state index contributed by atoms with van der Waals surface area (Å²) in [5, 5.41) is 6.87. The van der Waals surface area contributed by atoms with E-state index >= 15 is 0 Å². The third kappa shape index (κ3) is 4.25. The van der Waals surface area contributed by atoms with Crippen molar-refractivity contribution in [2.45, 2.75) is 64.8 Å². The average Bonchev–Trinajstić information content (AvgIpc) is 2.99.